The van der Waals surface area contributed by atoms with E-state index in [1.807, 2.05) is 12.1 Å². The molecule has 2 aromatic rings. The first-order chi connectivity index (χ1) is 10.9. The van der Waals surface area contributed by atoms with Crippen LogP contribution in [0.1, 0.15) is 30.0 Å². The van der Waals surface area contributed by atoms with Gasteiger partial charge in [-0.2, -0.15) is 0 Å². The summed E-state index contributed by atoms with van der Waals surface area (Å²) in [5, 5.41) is 7.38. The molecule has 1 fully saturated rings. The lowest BCUT2D eigenvalue weighted by molar-refractivity contribution is 0.303. The maximum absolute atomic E-state index is 5.44. The highest BCUT2D eigenvalue weighted by Gasteiger charge is 2.25. The van der Waals surface area contributed by atoms with Crippen LogP contribution in [0.5, 0.6) is 5.75 Å². The average Bonchev–Trinajstić information content (AvgIpc) is 2.61. The van der Waals surface area contributed by atoms with E-state index in [1.54, 1.807) is 7.11 Å². The maximum Gasteiger partial charge on any atom is 0.123 e. The van der Waals surface area contributed by atoms with Crippen LogP contribution in [0.3, 0.4) is 0 Å². The molecule has 2 aromatic carbocycles. The number of piperidine rings is 1. The summed E-state index contributed by atoms with van der Waals surface area (Å²) in [5.41, 5.74) is 2.57. The summed E-state index contributed by atoms with van der Waals surface area (Å²) in [7, 11) is 1.73. The summed E-state index contributed by atoms with van der Waals surface area (Å²) < 4.78 is 5.44. The Bertz CT molecular complexity index is 585. The molecular weight excluding hydrogens is 272 g/mol. The van der Waals surface area contributed by atoms with Crippen molar-refractivity contribution in [2.24, 2.45) is 0 Å². The quantitative estimate of drug-likeness (QED) is 0.888. The van der Waals surface area contributed by atoms with Crippen LogP contribution < -0.4 is 15.4 Å². The van der Waals surface area contributed by atoms with Gasteiger partial charge in [-0.3, -0.25) is 0 Å². The molecule has 3 heteroatoms. The number of hydrogen-bond donors (Lipinski definition) is 2. The van der Waals surface area contributed by atoms with Gasteiger partial charge < -0.3 is 15.4 Å². The van der Waals surface area contributed by atoms with Crippen LogP contribution in [-0.4, -0.2) is 19.7 Å². The summed E-state index contributed by atoms with van der Waals surface area (Å²) >= 11 is 0. The molecule has 0 aliphatic carbocycles. The third-order valence-electron chi connectivity index (χ3n) is 4.36. The van der Waals surface area contributed by atoms with Crippen LogP contribution in [0.15, 0.2) is 54.6 Å². The molecule has 1 saturated heterocycles. The molecule has 116 valence electrons. The molecule has 2 N–H and O–H groups in total. The summed E-state index contributed by atoms with van der Waals surface area (Å²) in [4.78, 5) is 0. The van der Waals surface area contributed by atoms with E-state index in [2.05, 4.69) is 53.1 Å². The van der Waals surface area contributed by atoms with Crippen LogP contribution >= 0.6 is 0 Å². The van der Waals surface area contributed by atoms with Crippen molar-refractivity contribution in [3.05, 3.63) is 65.7 Å². The van der Waals surface area contributed by atoms with E-state index in [0.29, 0.717) is 12.1 Å². The number of hydrogen-bond acceptors (Lipinski definition) is 3. The van der Waals surface area contributed by atoms with Crippen LogP contribution in [0.2, 0.25) is 0 Å². The number of rotatable bonds is 5. The zero-order valence-electron chi connectivity index (χ0n) is 13.1. The first kappa shape index (κ1) is 15.1. The topological polar surface area (TPSA) is 33.3 Å². The monoisotopic (exact) mass is 296 g/mol. The Morgan fingerprint density at radius 1 is 1.09 bits per heavy atom. The fourth-order valence-corrected chi connectivity index (χ4v) is 3.21. The Labute approximate surface area is 132 Å². The lowest BCUT2D eigenvalue weighted by Crippen LogP contribution is -2.45. The van der Waals surface area contributed by atoms with E-state index >= 15 is 0 Å². The molecule has 3 rings (SSSR count). The third-order valence-corrected chi connectivity index (χ3v) is 4.36. The van der Waals surface area contributed by atoms with Crippen molar-refractivity contribution in [3.63, 3.8) is 0 Å². The predicted octanol–water partition coefficient (Wildman–Crippen LogP) is 3.28. The van der Waals surface area contributed by atoms with E-state index in [0.717, 1.165) is 18.8 Å². The van der Waals surface area contributed by atoms with Crippen LogP contribution in [0, 0.1) is 0 Å². The predicted molar refractivity (Wildman–Crippen MR) is 90.0 cm³/mol. The molecule has 0 radical (unpaired) electrons. The van der Waals surface area contributed by atoms with Gasteiger partial charge in [-0.25, -0.2) is 0 Å². The van der Waals surface area contributed by atoms with Crippen LogP contribution in [0.4, 0.5) is 0 Å². The van der Waals surface area contributed by atoms with Crippen LogP contribution in [0.25, 0.3) is 0 Å². The SMILES string of the molecule is COc1ccccc1CNC1CCCN[C@H]1c1ccccc1. The molecule has 0 amide bonds. The smallest absolute Gasteiger partial charge is 0.123 e. The molecule has 2 atom stereocenters. The molecular formula is C19H24N2O. The van der Waals surface area contributed by atoms with E-state index in [1.165, 1.54) is 24.0 Å². The lowest BCUT2D eigenvalue weighted by atomic mass is 9.92. The zero-order valence-corrected chi connectivity index (χ0v) is 13.1. The molecule has 0 spiro atoms. The van der Waals surface area contributed by atoms with Gasteiger partial charge in [-0.05, 0) is 31.0 Å². The highest BCUT2D eigenvalue weighted by atomic mass is 16.5. The molecule has 0 saturated carbocycles. The van der Waals surface area contributed by atoms with E-state index in [4.69, 9.17) is 4.74 Å². The second-order valence-corrected chi connectivity index (χ2v) is 5.78. The first-order valence-corrected chi connectivity index (χ1v) is 8.02. The van der Waals surface area contributed by atoms with Crippen molar-refractivity contribution in [1.29, 1.82) is 0 Å². The van der Waals surface area contributed by atoms with Gasteiger partial charge >= 0.3 is 0 Å². The van der Waals surface area contributed by atoms with Crippen molar-refractivity contribution in [1.82, 2.24) is 10.6 Å². The Balaban J connectivity index is 1.69. The number of benzene rings is 2. The second-order valence-electron chi connectivity index (χ2n) is 5.78. The largest absolute Gasteiger partial charge is 0.496 e. The summed E-state index contributed by atoms with van der Waals surface area (Å²) in [6.45, 7) is 1.92. The van der Waals surface area contributed by atoms with E-state index in [-0.39, 0.29) is 0 Å². The van der Waals surface area contributed by atoms with Gasteiger partial charge in [-0.15, -0.1) is 0 Å². The zero-order chi connectivity index (χ0) is 15.2. The van der Waals surface area contributed by atoms with Gasteiger partial charge in [0.1, 0.15) is 5.75 Å². The Morgan fingerprint density at radius 2 is 1.86 bits per heavy atom. The molecule has 0 aromatic heterocycles. The molecule has 1 unspecified atom stereocenters. The van der Waals surface area contributed by atoms with E-state index in [9.17, 15) is 0 Å². The lowest BCUT2D eigenvalue weighted by Gasteiger charge is -2.34. The summed E-state index contributed by atoms with van der Waals surface area (Å²) in [6, 6.07) is 19.8. The van der Waals surface area contributed by atoms with Crippen molar-refractivity contribution in [3.8, 4) is 5.75 Å². The second kappa shape index (κ2) is 7.43. The van der Waals surface area contributed by atoms with Gasteiger partial charge in [0.05, 0.1) is 7.11 Å². The summed E-state index contributed by atoms with van der Waals surface area (Å²) in [5.74, 6) is 0.954. The Kier molecular flexibility index (Phi) is 5.09. The van der Waals surface area contributed by atoms with Gasteiger partial charge in [0, 0.05) is 24.2 Å². The molecule has 3 nitrogen and oxygen atoms in total. The molecule has 22 heavy (non-hydrogen) atoms. The maximum atomic E-state index is 5.44. The molecule has 1 heterocycles. The van der Waals surface area contributed by atoms with Gasteiger partial charge in [0.15, 0.2) is 0 Å². The molecule has 1 aliphatic heterocycles. The first-order valence-electron chi connectivity index (χ1n) is 8.02. The van der Waals surface area contributed by atoms with E-state index < -0.39 is 0 Å². The summed E-state index contributed by atoms with van der Waals surface area (Å²) in [6.07, 6.45) is 2.41. The van der Waals surface area contributed by atoms with Crippen molar-refractivity contribution in [2.45, 2.75) is 31.5 Å². The minimum Gasteiger partial charge on any atom is -0.496 e. The Morgan fingerprint density at radius 3 is 2.68 bits per heavy atom. The van der Waals surface area contributed by atoms with Crippen LogP contribution in [-0.2, 0) is 6.54 Å². The number of para-hydroxylation sites is 1. The number of methoxy groups -OCH3 is 1. The molecule has 1 aliphatic rings. The fourth-order valence-electron chi connectivity index (χ4n) is 3.21. The van der Waals surface area contributed by atoms with Gasteiger partial charge in [0.25, 0.3) is 0 Å². The fraction of sp³-hybridized carbons (Fsp3) is 0.368. The van der Waals surface area contributed by atoms with Crippen molar-refractivity contribution in [2.75, 3.05) is 13.7 Å². The third kappa shape index (κ3) is 3.49. The van der Waals surface area contributed by atoms with Gasteiger partial charge in [-0.1, -0.05) is 48.5 Å². The van der Waals surface area contributed by atoms with Crippen molar-refractivity contribution >= 4 is 0 Å². The van der Waals surface area contributed by atoms with Gasteiger partial charge in [0.2, 0.25) is 0 Å². The normalized spacial score (nSPS) is 21.5. The highest BCUT2D eigenvalue weighted by molar-refractivity contribution is 5.33. The molecule has 0 bridgehead atoms. The standard InChI is InChI=1S/C19H24N2O/c1-22-18-12-6-5-10-16(18)14-21-17-11-7-13-20-19(17)15-8-3-2-4-9-15/h2-6,8-10,12,17,19-21H,7,11,13-14H2,1H3/t17?,19-/m0/s1. The number of nitrogens with one attached hydrogen (secondary N) is 2. The minimum atomic E-state index is 0.379. The number of ether oxygens (including phenoxy) is 1. The Hall–Kier alpha value is -1.84. The van der Waals surface area contributed by atoms with Crippen molar-refractivity contribution < 1.29 is 4.74 Å². The minimum absolute atomic E-state index is 0.379. The highest BCUT2D eigenvalue weighted by Crippen LogP contribution is 2.25. The average molecular weight is 296 g/mol.